The van der Waals surface area contributed by atoms with Crippen molar-refractivity contribution >= 4 is 49.1 Å². The Morgan fingerprint density at radius 3 is 2.67 bits per heavy atom. The van der Waals surface area contributed by atoms with Gasteiger partial charge < -0.3 is 15.6 Å². The number of carbonyl (C=O) groups excluding carboxylic acids is 1. The standard InChI is InChI=1S/C12H11Br2N3O/c1-17-6-8(15)5-11(17)12(18)16-10-4-7(13)2-3-9(10)14/h2-6H,15H2,1H3,(H,16,18). The first-order chi connectivity index (χ1) is 8.47. The second-order valence-corrected chi connectivity index (χ2v) is 5.62. The number of rotatable bonds is 2. The highest BCUT2D eigenvalue weighted by atomic mass is 79.9. The normalized spacial score (nSPS) is 10.4. The van der Waals surface area contributed by atoms with Crippen molar-refractivity contribution in [2.45, 2.75) is 0 Å². The zero-order chi connectivity index (χ0) is 13.3. The minimum absolute atomic E-state index is 0.201. The third-order valence-electron chi connectivity index (χ3n) is 2.44. The van der Waals surface area contributed by atoms with Gasteiger partial charge >= 0.3 is 0 Å². The van der Waals surface area contributed by atoms with E-state index in [1.54, 1.807) is 23.9 Å². The van der Waals surface area contributed by atoms with Crippen LogP contribution in [0.25, 0.3) is 0 Å². The summed E-state index contributed by atoms with van der Waals surface area (Å²) in [5.41, 5.74) is 7.43. The average Bonchev–Trinajstić information content (AvgIpc) is 2.63. The maximum atomic E-state index is 12.1. The highest BCUT2D eigenvalue weighted by Gasteiger charge is 2.12. The van der Waals surface area contributed by atoms with Gasteiger partial charge in [0.15, 0.2) is 0 Å². The lowest BCUT2D eigenvalue weighted by Crippen LogP contribution is -2.15. The summed E-state index contributed by atoms with van der Waals surface area (Å²) in [5.74, 6) is -0.201. The van der Waals surface area contributed by atoms with Crippen LogP contribution in [0.15, 0.2) is 39.4 Å². The molecule has 6 heteroatoms. The fourth-order valence-corrected chi connectivity index (χ4v) is 2.30. The minimum Gasteiger partial charge on any atom is -0.397 e. The molecule has 0 saturated heterocycles. The predicted molar refractivity (Wildman–Crippen MR) is 79.6 cm³/mol. The van der Waals surface area contributed by atoms with Gasteiger partial charge in [-0.05, 0) is 40.2 Å². The molecule has 94 valence electrons. The van der Waals surface area contributed by atoms with E-state index >= 15 is 0 Å². The number of amides is 1. The Morgan fingerprint density at radius 1 is 1.33 bits per heavy atom. The molecule has 18 heavy (non-hydrogen) atoms. The Bertz CT molecular complexity index is 607. The summed E-state index contributed by atoms with van der Waals surface area (Å²) in [6, 6.07) is 7.22. The van der Waals surface area contributed by atoms with E-state index in [0.29, 0.717) is 17.1 Å². The Kier molecular flexibility index (Phi) is 3.77. The second-order valence-electron chi connectivity index (χ2n) is 3.85. The highest BCUT2D eigenvalue weighted by molar-refractivity contribution is 9.11. The summed E-state index contributed by atoms with van der Waals surface area (Å²) >= 11 is 6.75. The van der Waals surface area contributed by atoms with Crippen LogP contribution in [0.4, 0.5) is 11.4 Å². The Balaban J connectivity index is 2.26. The van der Waals surface area contributed by atoms with Crippen molar-refractivity contribution in [3.8, 4) is 0 Å². The van der Waals surface area contributed by atoms with Gasteiger partial charge in [-0.1, -0.05) is 15.9 Å². The summed E-state index contributed by atoms with van der Waals surface area (Å²) in [6.45, 7) is 0. The van der Waals surface area contributed by atoms with Crippen LogP contribution in [0.1, 0.15) is 10.5 Å². The molecule has 2 rings (SSSR count). The number of aromatic nitrogens is 1. The van der Waals surface area contributed by atoms with Gasteiger partial charge in [-0.2, -0.15) is 0 Å². The van der Waals surface area contributed by atoms with Gasteiger partial charge in [0.25, 0.3) is 5.91 Å². The van der Waals surface area contributed by atoms with Crippen LogP contribution in [0, 0.1) is 0 Å². The molecule has 0 bridgehead atoms. The van der Waals surface area contributed by atoms with Crippen molar-refractivity contribution < 1.29 is 4.79 Å². The Hall–Kier alpha value is -1.27. The number of nitrogens with zero attached hydrogens (tertiary/aromatic N) is 1. The van der Waals surface area contributed by atoms with Gasteiger partial charge in [-0.25, -0.2) is 0 Å². The smallest absolute Gasteiger partial charge is 0.272 e. The molecule has 0 aliphatic heterocycles. The maximum Gasteiger partial charge on any atom is 0.272 e. The number of carbonyl (C=O) groups is 1. The van der Waals surface area contributed by atoms with Crippen molar-refractivity contribution in [1.82, 2.24) is 4.57 Å². The van der Waals surface area contributed by atoms with Crippen molar-refractivity contribution in [1.29, 1.82) is 0 Å². The molecule has 0 radical (unpaired) electrons. The Labute approximate surface area is 121 Å². The summed E-state index contributed by atoms with van der Waals surface area (Å²) < 4.78 is 3.41. The fourth-order valence-electron chi connectivity index (χ4n) is 1.60. The van der Waals surface area contributed by atoms with Gasteiger partial charge in [0.2, 0.25) is 0 Å². The Morgan fingerprint density at radius 2 is 2.06 bits per heavy atom. The number of nitrogen functional groups attached to an aromatic ring is 1. The van der Waals surface area contributed by atoms with Crippen LogP contribution in [-0.2, 0) is 7.05 Å². The number of halogens is 2. The molecule has 1 heterocycles. The van der Waals surface area contributed by atoms with E-state index in [4.69, 9.17) is 5.73 Å². The first kappa shape index (κ1) is 13.2. The number of nitrogens with two attached hydrogens (primary N) is 1. The van der Waals surface area contributed by atoms with Crippen LogP contribution >= 0.6 is 31.9 Å². The fraction of sp³-hybridized carbons (Fsp3) is 0.0833. The molecule has 2 aromatic rings. The maximum absolute atomic E-state index is 12.1. The summed E-state index contributed by atoms with van der Waals surface area (Å²) in [4.78, 5) is 12.1. The van der Waals surface area contributed by atoms with Crippen LogP contribution < -0.4 is 11.1 Å². The van der Waals surface area contributed by atoms with Gasteiger partial charge in [0.05, 0.1) is 11.4 Å². The van der Waals surface area contributed by atoms with E-state index < -0.39 is 0 Å². The molecular weight excluding hydrogens is 362 g/mol. The molecule has 0 aliphatic rings. The van der Waals surface area contributed by atoms with Gasteiger partial charge in [0.1, 0.15) is 5.69 Å². The van der Waals surface area contributed by atoms with Crippen molar-refractivity contribution in [3.05, 3.63) is 45.1 Å². The first-order valence-electron chi connectivity index (χ1n) is 5.15. The zero-order valence-electron chi connectivity index (χ0n) is 9.58. The molecule has 0 unspecified atom stereocenters. The zero-order valence-corrected chi connectivity index (χ0v) is 12.7. The molecule has 4 nitrogen and oxygen atoms in total. The lowest BCUT2D eigenvalue weighted by molar-refractivity contribution is 0.101. The monoisotopic (exact) mass is 371 g/mol. The van der Waals surface area contributed by atoms with Crippen molar-refractivity contribution in [2.24, 2.45) is 7.05 Å². The molecular formula is C12H11Br2N3O. The highest BCUT2D eigenvalue weighted by Crippen LogP contribution is 2.26. The largest absolute Gasteiger partial charge is 0.397 e. The second kappa shape index (κ2) is 5.16. The average molecular weight is 373 g/mol. The van der Waals surface area contributed by atoms with Crippen LogP contribution in [0.5, 0.6) is 0 Å². The third kappa shape index (κ3) is 2.76. The molecule has 0 fully saturated rings. The van der Waals surface area contributed by atoms with Gasteiger partial charge in [-0.3, -0.25) is 4.79 Å². The number of hydrogen-bond donors (Lipinski definition) is 2. The van der Waals surface area contributed by atoms with Crippen LogP contribution in [-0.4, -0.2) is 10.5 Å². The van der Waals surface area contributed by atoms with E-state index in [9.17, 15) is 4.79 Å². The van der Waals surface area contributed by atoms with E-state index in [1.807, 2.05) is 18.2 Å². The van der Waals surface area contributed by atoms with Gasteiger partial charge in [-0.15, -0.1) is 0 Å². The third-order valence-corrected chi connectivity index (χ3v) is 3.62. The molecule has 0 spiro atoms. The number of anilines is 2. The number of aryl methyl sites for hydroxylation is 1. The van der Waals surface area contributed by atoms with Crippen molar-refractivity contribution in [3.63, 3.8) is 0 Å². The van der Waals surface area contributed by atoms with Crippen LogP contribution in [0.2, 0.25) is 0 Å². The first-order valence-corrected chi connectivity index (χ1v) is 6.74. The number of benzene rings is 1. The quantitative estimate of drug-likeness (QED) is 0.848. The molecule has 1 aromatic heterocycles. The molecule has 0 atom stereocenters. The molecule has 1 aromatic carbocycles. The molecule has 3 N–H and O–H groups in total. The van der Waals surface area contributed by atoms with Gasteiger partial charge in [0, 0.05) is 22.2 Å². The number of nitrogens with one attached hydrogen (secondary N) is 1. The van der Waals surface area contributed by atoms with E-state index in [2.05, 4.69) is 37.2 Å². The summed E-state index contributed by atoms with van der Waals surface area (Å²) in [6.07, 6.45) is 1.70. The molecule has 0 aliphatic carbocycles. The molecule has 0 saturated carbocycles. The summed E-state index contributed by atoms with van der Waals surface area (Å²) in [5, 5.41) is 2.83. The van der Waals surface area contributed by atoms with Crippen LogP contribution in [0.3, 0.4) is 0 Å². The van der Waals surface area contributed by atoms with E-state index in [-0.39, 0.29) is 5.91 Å². The SMILES string of the molecule is Cn1cc(N)cc1C(=O)Nc1cc(Br)ccc1Br. The molecule has 1 amide bonds. The van der Waals surface area contributed by atoms with E-state index in [0.717, 1.165) is 8.95 Å². The van der Waals surface area contributed by atoms with E-state index in [1.165, 1.54) is 0 Å². The van der Waals surface area contributed by atoms with Crippen molar-refractivity contribution in [2.75, 3.05) is 11.1 Å². The topological polar surface area (TPSA) is 60.0 Å². The predicted octanol–water partition coefficient (Wildman–Crippen LogP) is 3.38. The lowest BCUT2D eigenvalue weighted by atomic mass is 10.3. The minimum atomic E-state index is -0.201. The summed E-state index contributed by atoms with van der Waals surface area (Å²) in [7, 11) is 1.78. The number of hydrogen-bond acceptors (Lipinski definition) is 2. The lowest BCUT2D eigenvalue weighted by Gasteiger charge is -2.08.